The van der Waals surface area contributed by atoms with Crippen molar-refractivity contribution in [2.45, 2.75) is 114 Å². The van der Waals surface area contributed by atoms with Gasteiger partial charge in [0.1, 0.15) is 24.0 Å². The predicted octanol–water partition coefficient (Wildman–Crippen LogP) is 4.60. The lowest BCUT2D eigenvalue weighted by atomic mass is 9.50. The zero-order valence-corrected chi connectivity index (χ0v) is 42.6. The first-order valence-corrected chi connectivity index (χ1v) is 26.1. The van der Waals surface area contributed by atoms with Crippen LogP contribution in [0.15, 0.2) is 43.1 Å². The van der Waals surface area contributed by atoms with Crippen LogP contribution < -0.4 is 31.3 Å². The Labute approximate surface area is 434 Å². The maximum atomic E-state index is 15.9. The van der Waals surface area contributed by atoms with Crippen molar-refractivity contribution >= 4 is 52.9 Å². The molecule has 14 rings (SSSR count). The highest BCUT2D eigenvalue weighted by atomic mass is 19.1. The van der Waals surface area contributed by atoms with Crippen LogP contribution in [-0.4, -0.2) is 146 Å². The standard InChI is InChI=1S/C50H59FN18O7/c1-26-39(30-21-55-65(4)27(30)2)43-53-12-15-67(43)46(56-26)59-38-17-31(35-7-5-6-29(24-73-35)75-47(71)60-49(3)8-9-49)64-69(38)34-22-54-45(68-23-33(57-42(34)68)44(70)66-13-10-52-11-14-66)58-37-16-32(62-63-37)41-40(51)36(25-74-41)76-48(72)61-50-18-28(19-50)20-50/h12,15-17,21-23,28-29,35-36,40-41,52H,5-11,13-14,18-20,24-25H2,1-4H3,(H5,53,54,56,57,58,59,60,61,62,63,64,71,72)/p+1/t28?,29-,35-,36+,40-,41+,50?/m0/s1. The second kappa shape index (κ2) is 18.5. The van der Waals surface area contributed by atoms with Crippen LogP contribution in [0.3, 0.4) is 0 Å². The van der Waals surface area contributed by atoms with Gasteiger partial charge in [-0.3, -0.25) is 19.0 Å². The summed E-state index contributed by atoms with van der Waals surface area (Å²) in [7, 11) is 1.90. The van der Waals surface area contributed by atoms with Crippen LogP contribution in [0, 0.1) is 19.8 Å². The Bertz CT molecular complexity index is 3390. The van der Waals surface area contributed by atoms with E-state index in [-0.39, 0.29) is 47.7 Å². The molecule has 76 heavy (non-hydrogen) atoms. The molecule has 3 saturated heterocycles. The molecule has 10 heterocycles. The molecule has 7 aliphatic rings. The van der Waals surface area contributed by atoms with E-state index < -0.39 is 42.8 Å². The number of carbonyl (C=O) groups is 3. The second-order valence-electron chi connectivity index (χ2n) is 21.5. The summed E-state index contributed by atoms with van der Waals surface area (Å²) in [4.78, 5) is 61.3. The molecule has 5 atom stereocenters. The minimum absolute atomic E-state index is 0.117. The van der Waals surface area contributed by atoms with Gasteiger partial charge in [0.25, 0.3) is 5.91 Å². The molecule has 4 saturated carbocycles. The van der Waals surface area contributed by atoms with Gasteiger partial charge in [-0.1, -0.05) is 0 Å². The van der Waals surface area contributed by atoms with Crippen molar-refractivity contribution in [3.63, 3.8) is 0 Å². The number of carbonyl (C=O) groups excluding carboxylic acids is 3. The van der Waals surface area contributed by atoms with Gasteiger partial charge >= 0.3 is 24.0 Å². The molecule has 7 fully saturated rings. The first-order chi connectivity index (χ1) is 36.8. The number of halogens is 1. The van der Waals surface area contributed by atoms with Crippen LogP contribution >= 0.6 is 0 Å². The van der Waals surface area contributed by atoms with Crippen LogP contribution in [0.5, 0.6) is 0 Å². The van der Waals surface area contributed by atoms with Crippen molar-refractivity contribution in [1.82, 2.24) is 74.7 Å². The maximum Gasteiger partial charge on any atom is 0.408 e. The largest absolute Gasteiger partial charge is 0.444 e. The molecule has 0 aromatic carbocycles. The van der Waals surface area contributed by atoms with Crippen molar-refractivity contribution in [2.24, 2.45) is 13.0 Å². The molecule has 7 N–H and O–H groups in total. The molecule has 0 spiro atoms. The molecule has 4 aliphatic carbocycles. The number of nitrogens with zero attached hydrogens (tertiary/aromatic N) is 11. The van der Waals surface area contributed by atoms with Crippen molar-refractivity contribution in [3.05, 3.63) is 71.6 Å². The summed E-state index contributed by atoms with van der Waals surface area (Å²) in [6.07, 6.45) is 9.47. The van der Waals surface area contributed by atoms with E-state index in [0.29, 0.717) is 85.1 Å². The van der Waals surface area contributed by atoms with E-state index >= 15 is 4.39 Å². The minimum Gasteiger partial charge on any atom is -0.444 e. The number of amides is 3. The summed E-state index contributed by atoms with van der Waals surface area (Å²) in [5.74, 6) is 1.92. The minimum atomic E-state index is -1.65. The van der Waals surface area contributed by atoms with E-state index in [2.05, 4.69) is 47.0 Å². The number of anilines is 4. The summed E-state index contributed by atoms with van der Waals surface area (Å²) in [5, 5.41) is 31.4. The van der Waals surface area contributed by atoms with Crippen LogP contribution in [0.1, 0.15) is 104 Å². The fourth-order valence-corrected chi connectivity index (χ4v) is 11.2. The molecular weight excluding hydrogens is 984 g/mol. The third-order valence-electron chi connectivity index (χ3n) is 16.0. The lowest BCUT2D eigenvalue weighted by Gasteiger charge is -2.61. The van der Waals surface area contributed by atoms with Crippen molar-refractivity contribution in [2.75, 3.05) is 50.0 Å². The van der Waals surface area contributed by atoms with Crippen LogP contribution in [0.2, 0.25) is 0 Å². The normalized spacial score (nSPS) is 25.6. The third-order valence-corrected chi connectivity index (χ3v) is 16.0. The first kappa shape index (κ1) is 48.0. The van der Waals surface area contributed by atoms with Gasteiger partial charge in [-0.15, -0.1) is 4.68 Å². The number of H-pyrrole nitrogens is 2. The van der Waals surface area contributed by atoms with Gasteiger partial charge in [-0.05, 0) is 78.1 Å². The molecule has 25 nitrogen and oxygen atoms in total. The lowest BCUT2D eigenvalue weighted by Crippen LogP contribution is -2.68. The molecule has 26 heteroatoms. The highest BCUT2D eigenvalue weighted by molar-refractivity contribution is 5.93. The Morgan fingerprint density at radius 2 is 1.72 bits per heavy atom. The van der Waals surface area contributed by atoms with E-state index in [1.165, 1.54) is 0 Å². The summed E-state index contributed by atoms with van der Waals surface area (Å²) in [6.45, 7) is 8.31. The van der Waals surface area contributed by atoms with Crippen LogP contribution in [0.25, 0.3) is 28.1 Å². The van der Waals surface area contributed by atoms with Gasteiger partial charge in [-0.2, -0.15) is 15.2 Å². The number of aryl methyl sites for hydroxylation is 2. The number of fused-ring (bicyclic) bond motifs is 2. The van der Waals surface area contributed by atoms with Gasteiger partial charge in [0, 0.05) is 80.2 Å². The van der Waals surface area contributed by atoms with Crippen LogP contribution in [-0.2, 0) is 26.0 Å². The topological polar surface area (TPSA) is 278 Å². The number of ether oxygens (including phenoxy) is 4. The molecule has 0 radical (unpaired) electrons. The molecule has 2 bridgehead atoms. The van der Waals surface area contributed by atoms with E-state index in [0.717, 1.165) is 61.0 Å². The molecule has 3 amide bonds. The van der Waals surface area contributed by atoms with E-state index in [4.69, 9.17) is 38.9 Å². The van der Waals surface area contributed by atoms with Gasteiger partial charge in [0.05, 0.1) is 54.3 Å². The van der Waals surface area contributed by atoms with Crippen molar-refractivity contribution in [3.8, 4) is 16.8 Å². The van der Waals surface area contributed by atoms with Gasteiger partial charge < -0.3 is 45.1 Å². The Kier molecular flexibility index (Phi) is 11.7. The van der Waals surface area contributed by atoms with E-state index in [1.807, 2.05) is 55.4 Å². The average Bonchev–Trinajstić information content (AvgIpc) is 4.12. The van der Waals surface area contributed by atoms with Gasteiger partial charge in [0.15, 0.2) is 29.4 Å². The Morgan fingerprint density at radius 3 is 2.49 bits per heavy atom. The first-order valence-electron chi connectivity index (χ1n) is 26.1. The number of rotatable bonds is 13. The molecule has 0 unspecified atom stereocenters. The smallest absolute Gasteiger partial charge is 0.408 e. The number of aromatic amines is 2. The summed E-state index contributed by atoms with van der Waals surface area (Å²) in [6, 6.07) is 3.55. The van der Waals surface area contributed by atoms with Gasteiger partial charge in [-0.25, -0.2) is 43.7 Å². The number of nitrogens with one attached hydrogen (secondary N) is 7. The number of piperazine rings is 1. The molecule has 7 aromatic rings. The maximum absolute atomic E-state index is 15.9. The third kappa shape index (κ3) is 8.79. The number of aromatic nitrogens is 12. The SMILES string of the molecule is Cc1nc(Nc2cc([C@@H]3CCC[C@H](OC(=O)NC4(C)CC4)CO3)[nH][n+]2-c2cnc(Nc3cc([C@H]4OC[C@@H](OC(=O)NC56CC(C5)C6)[C@@H]4F)[nH]n3)n3cc(C(=O)N4CCNCC4)nc23)n2ccnc2c1-c1cnn(C)c1C. The number of alkyl carbamates (subject to hydrolysis) is 2. The molecule has 3 aliphatic heterocycles. The number of imidazole rings is 2. The van der Waals surface area contributed by atoms with Crippen LogP contribution in [0.4, 0.5) is 37.5 Å². The quantitative estimate of drug-likeness (QED) is 0.0778. The molecular formula is C50H60FN18O7+. The highest BCUT2D eigenvalue weighted by Gasteiger charge is 2.58. The average molecular weight is 1040 g/mol. The molecule has 7 aromatic heterocycles. The molecule has 398 valence electrons. The summed E-state index contributed by atoms with van der Waals surface area (Å²) < 4.78 is 46.8. The highest BCUT2D eigenvalue weighted by Crippen LogP contribution is 2.57. The van der Waals surface area contributed by atoms with Crippen molar-refractivity contribution in [1.29, 1.82) is 0 Å². The Balaban J connectivity index is 0.839. The monoisotopic (exact) mass is 1040 g/mol. The number of hydrogen-bond donors (Lipinski definition) is 7. The number of alkyl halides is 1. The second-order valence-corrected chi connectivity index (χ2v) is 21.5. The fourth-order valence-electron chi connectivity index (χ4n) is 11.2. The predicted molar refractivity (Wildman–Crippen MR) is 268 cm³/mol. The Hall–Kier alpha value is -7.71. The summed E-state index contributed by atoms with van der Waals surface area (Å²) >= 11 is 0. The fraction of sp³-hybridized carbons (Fsp3) is 0.520. The zero-order valence-electron chi connectivity index (χ0n) is 42.6. The van der Waals surface area contributed by atoms with E-state index in [1.54, 1.807) is 38.6 Å². The lowest BCUT2D eigenvalue weighted by molar-refractivity contribution is -0.641. The van der Waals surface area contributed by atoms with Crippen molar-refractivity contribution < 1.29 is 42.4 Å². The summed E-state index contributed by atoms with van der Waals surface area (Å²) in [5.41, 5.74) is 5.71. The zero-order chi connectivity index (χ0) is 52.0. The number of hydrogen-bond acceptors (Lipinski definition) is 16. The van der Waals surface area contributed by atoms with Gasteiger partial charge in [0.2, 0.25) is 11.6 Å². The van der Waals surface area contributed by atoms with E-state index in [9.17, 15) is 14.4 Å². The Morgan fingerprint density at radius 1 is 0.908 bits per heavy atom.